The predicted octanol–water partition coefficient (Wildman–Crippen LogP) is 4.95. The van der Waals surface area contributed by atoms with E-state index in [1.165, 1.54) is 70.6 Å². The summed E-state index contributed by atoms with van der Waals surface area (Å²) in [6.07, 6.45) is 22.8. The van der Waals surface area contributed by atoms with E-state index in [9.17, 15) is 0 Å². The molecular weight excluding hydrogens is 284 g/mol. The summed E-state index contributed by atoms with van der Waals surface area (Å²) in [6, 6.07) is 0. The van der Waals surface area contributed by atoms with Crippen LogP contribution in [-0.4, -0.2) is 42.1 Å². The Morgan fingerprint density at radius 3 is 2.35 bits per heavy atom. The molecule has 1 aliphatic heterocycles. The Morgan fingerprint density at radius 1 is 1.00 bits per heavy atom. The Hall–Kier alpha value is -0.670. The lowest BCUT2D eigenvalue weighted by molar-refractivity contribution is 0.176. The summed E-state index contributed by atoms with van der Waals surface area (Å²) < 4.78 is 0. The van der Waals surface area contributed by atoms with E-state index >= 15 is 0 Å². The van der Waals surface area contributed by atoms with Crippen LogP contribution in [0.15, 0.2) is 17.1 Å². The number of allylic oxidation sites excluding steroid dienone is 2. The highest BCUT2D eigenvalue weighted by Gasteiger charge is 2.19. The molecule has 1 atom stereocenters. The molecule has 3 nitrogen and oxygen atoms in total. The van der Waals surface area contributed by atoms with Crippen LogP contribution in [0.1, 0.15) is 84.0 Å². The molecule has 0 saturated heterocycles. The van der Waals surface area contributed by atoms with Crippen molar-refractivity contribution in [3.05, 3.63) is 12.2 Å². The van der Waals surface area contributed by atoms with Crippen LogP contribution in [-0.2, 0) is 0 Å². The zero-order valence-electron chi connectivity index (χ0n) is 15.3. The van der Waals surface area contributed by atoms with Gasteiger partial charge in [-0.3, -0.25) is 9.89 Å². The van der Waals surface area contributed by atoms with Crippen LogP contribution >= 0.6 is 0 Å². The molecule has 1 heterocycles. The van der Waals surface area contributed by atoms with Crippen molar-refractivity contribution in [1.29, 1.82) is 0 Å². The average Bonchev–Trinajstić information content (AvgIpc) is 2.99. The van der Waals surface area contributed by atoms with Gasteiger partial charge < -0.3 is 5.11 Å². The lowest BCUT2D eigenvalue weighted by Gasteiger charge is -2.21. The molecule has 0 aromatic heterocycles. The number of β-amino-alcohol motifs (C(OH)–C–C–N with tert-alkyl or cyclic N) is 1. The summed E-state index contributed by atoms with van der Waals surface area (Å²) in [7, 11) is 0. The maximum absolute atomic E-state index is 9.03. The van der Waals surface area contributed by atoms with Crippen LogP contribution in [0.3, 0.4) is 0 Å². The van der Waals surface area contributed by atoms with Crippen molar-refractivity contribution in [2.75, 3.05) is 19.7 Å². The minimum atomic E-state index is 0.243. The number of hydrogen-bond acceptors (Lipinski definition) is 3. The predicted molar refractivity (Wildman–Crippen MR) is 101 cm³/mol. The number of unbranched alkanes of at least 4 members (excludes halogenated alkanes) is 9. The molecule has 0 aromatic rings. The largest absolute Gasteiger partial charge is 0.395 e. The van der Waals surface area contributed by atoms with Gasteiger partial charge in [0.25, 0.3) is 0 Å². The van der Waals surface area contributed by atoms with Crippen molar-refractivity contribution >= 4 is 6.21 Å². The summed E-state index contributed by atoms with van der Waals surface area (Å²) >= 11 is 0. The van der Waals surface area contributed by atoms with Crippen LogP contribution in [0.2, 0.25) is 0 Å². The zero-order valence-corrected chi connectivity index (χ0v) is 15.3. The molecule has 0 aromatic carbocycles. The molecule has 0 saturated carbocycles. The lowest BCUT2D eigenvalue weighted by Crippen LogP contribution is -2.32. The number of nitrogens with zero attached hydrogens (tertiary/aromatic N) is 2. The molecule has 1 rings (SSSR count). The van der Waals surface area contributed by atoms with Crippen molar-refractivity contribution in [2.24, 2.45) is 4.99 Å². The average molecular weight is 323 g/mol. The summed E-state index contributed by atoms with van der Waals surface area (Å²) in [5.41, 5.74) is 0. The van der Waals surface area contributed by atoms with Crippen molar-refractivity contribution in [3.8, 4) is 0 Å². The molecule has 0 radical (unpaired) electrons. The molecule has 23 heavy (non-hydrogen) atoms. The molecule has 0 aliphatic carbocycles. The molecule has 0 spiro atoms. The summed E-state index contributed by atoms with van der Waals surface area (Å²) in [5.74, 6) is 0. The molecule has 1 aliphatic rings. The first kappa shape index (κ1) is 20.4. The highest BCUT2D eigenvalue weighted by Crippen LogP contribution is 2.16. The number of aliphatic imine (C=N–C) groups is 1. The number of aliphatic hydroxyl groups excluding tert-OH is 1. The van der Waals surface area contributed by atoms with E-state index < -0.39 is 0 Å². The van der Waals surface area contributed by atoms with Gasteiger partial charge >= 0.3 is 0 Å². The Balaban J connectivity index is 1.84. The number of rotatable bonds is 15. The van der Waals surface area contributed by atoms with Gasteiger partial charge in [0.2, 0.25) is 0 Å². The van der Waals surface area contributed by atoms with E-state index in [-0.39, 0.29) is 6.61 Å². The van der Waals surface area contributed by atoms with Gasteiger partial charge in [0.05, 0.1) is 6.61 Å². The SMILES string of the molecule is CCCCC/C=C/CCCCCCCCC1N=CCN1CCO. The van der Waals surface area contributed by atoms with E-state index in [1.807, 2.05) is 6.21 Å². The summed E-state index contributed by atoms with van der Waals surface area (Å²) in [4.78, 5) is 6.78. The van der Waals surface area contributed by atoms with Gasteiger partial charge in [-0.05, 0) is 38.5 Å². The molecule has 3 heteroatoms. The van der Waals surface area contributed by atoms with Gasteiger partial charge in [-0.1, -0.05) is 57.6 Å². The smallest absolute Gasteiger partial charge is 0.102 e. The van der Waals surface area contributed by atoms with Crippen molar-refractivity contribution in [1.82, 2.24) is 4.90 Å². The molecular formula is C20H38N2O. The molecule has 0 amide bonds. The van der Waals surface area contributed by atoms with Gasteiger partial charge in [0.15, 0.2) is 0 Å². The van der Waals surface area contributed by atoms with Crippen LogP contribution in [0, 0.1) is 0 Å². The van der Waals surface area contributed by atoms with Crippen LogP contribution in [0.4, 0.5) is 0 Å². The van der Waals surface area contributed by atoms with E-state index in [0.717, 1.165) is 19.5 Å². The second-order valence-corrected chi connectivity index (χ2v) is 6.70. The van der Waals surface area contributed by atoms with Crippen molar-refractivity contribution in [2.45, 2.75) is 90.1 Å². The fraction of sp³-hybridized carbons (Fsp3) is 0.850. The van der Waals surface area contributed by atoms with E-state index in [0.29, 0.717) is 6.17 Å². The monoisotopic (exact) mass is 322 g/mol. The standard InChI is InChI=1S/C20H38N2O/c1-2-3-4-5-6-7-8-9-10-11-12-13-14-15-20-21-16-17-22(20)18-19-23/h6-7,16,20,23H,2-5,8-15,17-19H2,1H3/b7-6+. The van der Waals surface area contributed by atoms with E-state index in [1.54, 1.807) is 0 Å². The normalized spacial score (nSPS) is 18.4. The van der Waals surface area contributed by atoms with Crippen LogP contribution in [0.25, 0.3) is 0 Å². The molecule has 1 unspecified atom stereocenters. The minimum Gasteiger partial charge on any atom is -0.395 e. The first-order valence-electron chi connectivity index (χ1n) is 9.90. The third kappa shape index (κ3) is 10.7. The third-order valence-electron chi connectivity index (χ3n) is 4.63. The zero-order chi connectivity index (χ0) is 16.6. The van der Waals surface area contributed by atoms with Gasteiger partial charge in [-0.2, -0.15) is 0 Å². The van der Waals surface area contributed by atoms with Gasteiger partial charge in [-0.25, -0.2) is 0 Å². The number of aliphatic hydroxyl groups is 1. The Kier molecular flexibility index (Phi) is 13.2. The van der Waals surface area contributed by atoms with Gasteiger partial charge in [0.1, 0.15) is 6.17 Å². The fourth-order valence-electron chi connectivity index (χ4n) is 3.16. The second-order valence-electron chi connectivity index (χ2n) is 6.70. The minimum absolute atomic E-state index is 0.243. The Bertz CT molecular complexity index is 315. The van der Waals surface area contributed by atoms with Crippen LogP contribution < -0.4 is 0 Å². The van der Waals surface area contributed by atoms with Crippen molar-refractivity contribution < 1.29 is 5.11 Å². The van der Waals surface area contributed by atoms with Crippen molar-refractivity contribution in [3.63, 3.8) is 0 Å². The van der Waals surface area contributed by atoms with Crippen LogP contribution in [0.5, 0.6) is 0 Å². The van der Waals surface area contributed by atoms with Gasteiger partial charge in [0, 0.05) is 19.3 Å². The lowest BCUT2D eigenvalue weighted by atomic mass is 10.1. The third-order valence-corrected chi connectivity index (χ3v) is 4.63. The first-order valence-corrected chi connectivity index (χ1v) is 9.90. The molecule has 134 valence electrons. The quantitative estimate of drug-likeness (QED) is 0.342. The van der Waals surface area contributed by atoms with E-state index in [2.05, 4.69) is 29.0 Å². The maximum Gasteiger partial charge on any atom is 0.102 e. The summed E-state index contributed by atoms with van der Waals surface area (Å²) in [5, 5.41) is 9.03. The highest BCUT2D eigenvalue weighted by atomic mass is 16.3. The second kappa shape index (κ2) is 14.9. The van der Waals surface area contributed by atoms with E-state index in [4.69, 9.17) is 5.11 Å². The molecule has 0 bridgehead atoms. The Labute approximate surface area is 143 Å². The number of hydrogen-bond donors (Lipinski definition) is 1. The Morgan fingerprint density at radius 2 is 1.65 bits per heavy atom. The van der Waals surface area contributed by atoms with Gasteiger partial charge in [-0.15, -0.1) is 0 Å². The first-order chi connectivity index (χ1) is 11.4. The highest BCUT2D eigenvalue weighted by molar-refractivity contribution is 5.62. The molecule has 0 fully saturated rings. The topological polar surface area (TPSA) is 35.8 Å². The maximum atomic E-state index is 9.03. The summed E-state index contributed by atoms with van der Waals surface area (Å²) in [6.45, 7) is 4.18. The fourth-order valence-corrected chi connectivity index (χ4v) is 3.16. The molecule has 1 N–H and O–H groups in total.